The van der Waals surface area contributed by atoms with E-state index in [4.69, 9.17) is 9.47 Å². The molecule has 1 fully saturated rings. The maximum atomic E-state index is 12.3. The zero-order valence-corrected chi connectivity index (χ0v) is 15.2. The average Bonchev–Trinajstić information content (AvgIpc) is 2.55. The topological polar surface area (TPSA) is 108 Å². The average molecular weight is 364 g/mol. The van der Waals surface area contributed by atoms with E-state index in [-0.39, 0.29) is 17.3 Å². The lowest BCUT2D eigenvalue weighted by Crippen LogP contribution is -2.48. The third kappa shape index (κ3) is 5.72. The third-order valence-corrected chi connectivity index (χ3v) is 3.98. The molecule has 142 valence electrons. The quantitative estimate of drug-likeness (QED) is 0.497. The van der Waals surface area contributed by atoms with Crippen molar-refractivity contribution in [2.75, 3.05) is 0 Å². The molecule has 2 unspecified atom stereocenters. The van der Waals surface area contributed by atoms with Gasteiger partial charge >= 0.3 is 12.1 Å². The highest BCUT2D eigenvalue weighted by atomic mass is 16.6. The molecule has 0 radical (unpaired) electrons. The van der Waals surface area contributed by atoms with Crippen LogP contribution in [0.5, 0.6) is 0 Å². The van der Waals surface area contributed by atoms with Crippen molar-refractivity contribution >= 4 is 17.7 Å². The summed E-state index contributed by atoms with van der Waals surface area (Å²) in [6.07, 6.45) is 2.15. The van der Waals surface area contributed by atoms with Crippen LogP contribution < -0.4 is 5.32 Å². The van der Waals surface area contributed by atoms with E-state index in [1.807, 2.05) is 0 Å². The van der Waals surface area contributed by atoms with E-state index in [0.717, 1.165) is 12.8 Å². The third-order valence-electron chi connectivity index (χ3n) is 3.98. The van der Waals surface area contributed by atoms with Gasteiger partial charge in [0.15, 0.2) is 0 Å². The van der Waals surface area contributed by atoms with Crippen molar-refractivity contribution in [3.63, 3.8) is 0 Å². The fraction of sp³-hybridized carbons (Fsp3) is 0.556. The molecule has 1 N–H and O–H groups in total. The van der Waals surface area contributed by atoms with Crippen LogP contribution in [-0.2, 0) is 9.47 Å². The van der Waals surface area contributed by atoms with E-state index in [9.17, 15) is 19.7 Å². The number of rotatable bonds is 4. The maximum Gasteiger partial charge on any atom is 0.408 e. The lowest BCUT2D eigenvalue weighted by molar-refractivity contribution is -0.384. The number of hydrogen-bond donors (Lipinski definition) is 1. The SMILES string of the molecule is CC(C)(C)OC(=O)NC1CCCCC1OC(=O)c1ccc([N+](=O)[O-])cc1. The van der Waals surface area contributed by atoms with Gasteiger partial charge in [-0.05, 0) is 52.2 Å². The molecule has 0 bridgehead atoms. The molecule has 0 aliphatic heterocycles. The number of amides is 1. The van der Waals surface area contributed by atoms with Crippen LogP contribution in [0.15, 0.2) is 24.3 Å². The Bertz CT molecular complexity index is 665. The lowest BCUT2D eigenvalue weighted by Gasteiger charge is -2.32. The second-order valence-electron chi connectivity index (χ2n) is 7.28. The molecule has 26 heavy (non-hydrogen) atoms. The summed E-state index contributed by atoms with van der Waals surface area (Å²) in [4.78, 5) is 34.5. The first kappa shape index (κ1) is 19.7. The van der Waals surface area contributed by atoms with E-state index >= 15 is 0 Å². The molecule has 2 rings (SSSR count). The molecule has 0 heterocycles. The number of nitrogens with zero attached hydrogens (tertiary/aromatic N) is 1. The molecule has 0 saturated heterocycles. The van der Waals surface area contributed by atoms with Crippen molar-refractivity contribution in [3.05, 3.63) is 39.9 Å². The number of nitro benzene ring substituents is 1. The van der Waals surface area contributed by atoms with E-state index in [0.29, 0.717) is 12.8 Å². The van der Waals surface area contributed by atoms with Crippen LogP contribution in [-0.4, -0.2) is 34.7 Å². The second kappa shape index (κ2) is 8.16. The van der Waals surface area contributed by atoms with Gasteiger partial charge in [0.05, 0.1) is 16.5 Å². The van der Waals surface area contributed by atoms with Gasteiger partial charge in [0, 0.05) is 12.1 Å². The van der Waals surface area contributed by atoms with Crippen molar-refractivity contribution in [2.24, 2.45) is 0 Å². The van der Waals surface area contributed by atoms with Gasteiger partial charge in [-0.25, -0.2) is 9.59 Å². The van der Waals surface area contributed by atoms with Gasteiger partial charge in [0.2, 0.25) is 0 Å². The Kier molecular flexibility index (Phi) is 6.18. The van der Waals surface area contributed by atoms with Crippen LogP contribution in [0.2, 0.25) is 0 Å². The molecule has 1 aromatic carbocycles. The van der Waals surface area contributed by atoms with Crippen LogP contribution in [0.1, 0.15) is 56.8 Å². The van der Waals surface area contributed by atoms with Crippen LogP contribution >= 0.6 is 0 Å². The largest absolute Gasteiger partial charge is 0.457 e. The molecular formula is C18H24N2O6. The Hall–Kier alpha value is -2.64. The maximum absolute atomic E-state index is 12.3. The Labute approximate surface area is 152 Å². The highest BCUT2D eigenvalue weighted by Gasteiger charge is 2.31. The standard InChI is InChI=1S/C18H24N2O6/c1-18(2,3)26-17(22)19-14-6-4-5-7-15(14)25-16(21)12-8-10-13(11-9-12)20(23)24/h8-11,14-15H,4-7H2,1-3H3,(H,19,22). The number of non-ortho nitro benzene ring substituents is 1. The molecule has 1 saturated carbocycles. The molecule has 1 amide bonds. The highest BCUT2D eigenvalue weighted by Crippen LogP contribution is 2.23. The molecule has 0 aromatic heterocycles. The van der Waals surface area contributed by atoms with Gasteiger partial charge in [0.25, 0.3) is 5.69 Å². The number of carbonyl (C=O) groups is 2. The first-order valence-electron chi connectivity index (χ1n) is 8.60. The van der Waals surface area contributed by atoms with Crippen molar-refractivity contribution in [1.82, 2.24) is 5.32 Å². The second-order valence-corrected chi connectivity index (χ2v) is 7.28. The zero-order chi connectivity index (χ0) is 19.3. The summed E-state index contributed by atoms with van der Waals surface area (Å²) >= 11 is 0. The summed E-state index contributed by atoms with van der Waals surface area (Å²) in [6, 6.07) is 4.92. The molecule has 1 aliphatic carbocycles. The molecule has 1 aromatic rings. The number of nitro groups is 1. The van der Waals surface area contributed by atoms with E-state index in [1.54, 1.807) is 20.8 Å². The molecule has 0 spiro atoms. The fourth-order valence-corrected chi connectivity index (χ4v) is 2.79. The first-order valence-corrected chi connectivity index (χ1v) is 8.60. The lowest BCUT2D eigenvalue weighted by atomic mass is 9.92. The van der Waals surface area contributed by atoms with Gasteiger partial charge in [-0.2, -0.15) is 0 Å². The van der Waals surface area contributed by atoms with Crippen molar-refractivity contribution in [3.8, 4) is 0 Å². The predicted molar refractivity (Wildman–Crippen MR) is 93.9 cm³/mol. The summed E-state index contributed by atoms with van der Waals surface area (Å²) in [5.41, 5.74) is -0.468. The summed E-state index contributed by atoms with van der Waals surface area (Å²) < 4.78 is 10.8. The van der Waals surface area contributed by atoms with Crippen LogP contribution in [0.25, 0.3) is 0 Å². The molecule has 1 aliphatic rings. The minimum absolute atomic E-state index is 0.0938. The monoisotopic (exact) mass is 364 g/mol. The minimum atomic E-state index is -0.607. The minimum Gasteiger partial charge on any atom is -0.457 e. The van der Waals surface area contributed by atoms with Gasteiger partial charge in [-0.15, -0.1) is 0 Å². The van der Waals surface area contributed by atoms with Gasteiger partial charge in [-0.3, -0.25) is 10.1 Å². The van der Waals surface area contributed by atoms with Crippen molar-refractivity contribution < 1.29 is 24.0 Å². The number of hydrogen-bond acceptors (Lipinski definition) is 6. The van der Waals surface area contributed by atoms with Crippen molar-refractivity contribution in [1.29, 1.82) is 0 Å². The summed E-state index contributed by atoms with van der Waals surface area (Å²) in [5.74, 6) is -0.567. The summed E-state index contributed by atoms with van der Waals surface area (Å²) in [6.45, 7) is 5.33. The fourth-order valence-electron chi connectivity index (χ4n) is 2.79. The van der Waals surface area contributed by atoms with Crippen molar-refractivity contribution in [2.45, 2.75) is 64.2 Å². The van der Waals surface area contributed by atoms with Crippen LogP contribution in [0.4, 0.5) is 10.5 Å². The number of carbonyl (C=O) groups excluding carboxylic acids is 2. The molecule has 2 atom stereocenters. The number of benzene rings is 1. The van der Waals surface area contributed by atoms with E-state index in [2.05, 4.69) is 5.32 Å². The molecule has 8 heteroatoms. The first-order chi connectivity index (χ1) is 12.2. The van der Waals surface area contributed by atoms with Gasteiger partial charge < -0.3 is 14.8 Å². The molecule has 8 nitrogen and oxygen atoms in total. The Morgan fingerprint density at radius 3 is 2.35 bits per heavy atom. The van der Waals surface area contributed by atoms with Crippen LogP contribution in [0.3, 0.4) is 0 Å². The Morgan fingerprint density at radius 2 is 1.77 bits per heavy atom. The van der Waals surface area contributed by atoms with Gasteiger partial charge in [-0.1, -0.05) is 6.42 Å². The van der Waals surface area contributed by atoms with Gasteiger partial charge in [0.1, 0.15) is 11.7 Å². The number of ether oxygens (including phenoxy) is 2. The predicted octanol–water partition coefficient (Wildman–Crippen LogP) is 3.59. The summed E-state index contributed by atoms with van der Waals surface area (Å²) in [5, 5.41) is 13.5. The number of esters is 1. The van der Waals surface area contributed by atoms with E-state index < -0.39 is 28.7 Å². The zero-order valence-electron chi connectivity index (χ0n) is 15.2. The van der Waals surface area contributed by atoms with Crippen LogP contribution in [0, 0.1) is 10.1 Å². The molecular weight excluding hydrogens is 340 g/mol. The highest BCUT2D eigenvalue weighted by molar-refractivity contribution is 5.89. The summed E-state index contributed by atoms with van der Waals surface area (Å²) in [7, 11) is 0. The Balaban J connectivity index is 1.99. The normalized spacial score (nSPS) is 20.1. The Morgan fingerprint density at radius 1 is 1.15 bits per heavy atom. The number of nitrogens with one attached hydrogen (secondary N) is 1. The smallest absolute Gasteiger partial charge is 0.408 e. The number of alkyl carbamates (subject to hydrolysis) is 1. The van der Waals surface area contributed by atoms with E-state index in [1.165, 1.54) is 24.3 Å².